The predicted octanol–water partition coefficient (Wildman–Crippen LogP) is 2.73. The molecular formula is C13H12BrN3O. The minimum absolute atomic E-state index is 0.0778. The molecule has 1 atom stereocenters. The monoisotopic (exact) mass is 305 g/mol. The van der Waals surface area contributed by atoms with Crippen molar-refractivity contribution in [1.82, 2.24) is 15.3 Å². The number of amides is 1. The van der Waals surface area contributed by atoms with Crippen molar-refractivity contribution < 1.29 is 4.79 Å². The second kappa shape index (κ2) is 5.73. The highest BCUT2D eigenvalue weighted by Crippen LogP contribution is 2.12. The minimum atomic E-state index is -0.188. The van der Waals surface area contributed by atoms with Gasteiger partial charge in [0.2, 0.25) is 0 Å². The van der Waals surface area contributed by atoms with Crippen LogP contribution in [0.2, 0.25) is 0 Å². The van der Waals surface area contributed by atoms with Gasteiger partial charge >= 0.3 is 0 Å². The van der Waals surface area contributed by atoms with Crippen LogP contribution in [0.3, 0.4) is 0 Å². The van der Waals surface area contributed by atoms with Gasteiger partial charge in [0.1, 0.15) is 5.69 Å². The lowest BCUT2D eigenvalue weighted by Gasteiger charge is -2.13. The second-order valence-corrected chi connectivity index (χ2v) is 4.75. The number of hydrogen-bond donors (Lipinski definition) is 1. The van der Waals surface area contributed by atoms with Crippen LogP contribution >= 0.6 is 15.9 Å². The molecule has 1 N–H and O–H groups in total. The normalized spacial score (nSPS) is 11.9. The van der Waals surface area contributed by atoms with E-state index in [0.717, 1.165) is 10.0 Å². The van der Waals surface area contributed by atoms with E-state index in [-0.39, 0.29) is 11.9 Å². The largest absolute Gasteiger partial charge is 0.344 e. The maximum atomic E-state index is 11.9. The molecule has 0 fully saturated rings. The van der Waals surface area contributed by atoms with Gasteiger partial charge in [-0.3, -0.25) is 9.78 Å². The van der Waals surface area contributed by atoms with Crippen LogP contribution in [-0.4, -0.2) is 15.9 Å². The van der Waals surface area contributed by atoms with Crippen molar-refractivity contribution in [2.45, 2.75) is 13.0 Å². The number of rotatable bonds is 3. The van der Waals surface area contributed by atoms with Crippen molar-refractivity contribution in [2.75, 3.05) is 0 Å². The molecule has 0 spiro atoms. The van der Waals surface area contributed by atoms with Gasteiger partial charge in [0.05, 0.1) is 6.04 Å². The second-order valence-electron chi connectivity index (χ2n) is 3.84. The van der Waals surface area contributed by atoms with Gasteiger partial charge in [0.25, 0.3) is 5.91 Å². The molecule has 92 valence electrons. The van der Waals surface area contributed by atoms with Crippen molar-refractivity contribution in [3.05, 3.63) is 58.6 Å². The Kier molecular flexibility index (Phi) is 4.04. The number of nitrogens with zero attached hydrogens (tertiary/aromatic N) is 2. The highest BCUT2D eigenvalue weighted by molar-refractivity contribution is 9.10. The lowest BCUT2D eigenvalue weighted by atomic mass is 10.1. The SMILES string of the molecule is CC(NC(=O)c1ccc(Br)cn1)c1ccncc1. The van der Waals surface area contributed by atoms with Crippen LogP contribution in [0.1, 0.15) is 29.0 Å². The molecule has 1 amide bonds. The van der Waals surface area contributed by atoms with E-state index in [0.29, 0.717) is 5.69 Å². The van der Waals surface area contributed by atoms with Gasteiger partial charge in [-0.2, -0.15) is 0 Å². The predicted molar refractivity (Wildman–Crippen MR) is 72.1 cm³/mol. The molecule has 18 heavy (non-hydrogen) atoms. The highest BCUT2D eigenvalue weighted by atomic mass is 79.9. The first-order chi connectivity index (χ1) is 8.66. The third kappa shape index (κ3) is 3.13. The van der Waals surface area contributed by atoms with Crippen LogP contribution in [0.4, 0.5) is 0 Å². The number of hydrogen-bond acceptors (Lipinski definition) is 3. The summed E-state index contributed by atoms with van der Waals surface area (Å²) in [4.78, 5) is 19.9. The summed E-state index contributed by atoms with van der Waals surface area (Å²) >= 11 is 3.28. The number of pyridine rings is 2. The van der Waals surface area contributed by atoms with Crippen molar-refractivity contribution in [3.8, 4) is 0 Å². The van der Waals surface area contributed by atoms with Crippen molar-refractivity contribution >= 4 is 21.8 Å². The fourth-order valence-electron chi connectivity index (χ4n) is 1.52. The first kappa shape index (κ1) is 12.7. The van der Waals surface area contributed by atoms with E-state index < -0.39 is 0 Å². The average molecular weight is 306 g/mol. The van der Waals surface area contributed by atoms with E-state index >= 15 is 0 Å². The Labute approximate surface area is 114 Å². The van der Waals surface area contributed by atoms with Crippen LogP contribution in [0.25, 0.3) is 0 Å². The summed E-state index contributed by atoms with van der Waals surface area (Å²) in [5.74, 6) is -0.188. The smallest absolute Gasteiger partial charge is 0.270 e. The molecule has 4 nitrogen and oxygen atoms in total. The molecule has 5 heteroatoms. The maximum Gasteiger partial charge on any atom is 0.270 e. The quantitative estimate of drug-likeness (QED) is 0.948. The number of nitrogens with one attached hydrogen (secondary N) is 1. The molecule has 2 heterocycles. The molecule has 0 aliphatic carbocycles. The standard InChI is InChI=1S/C13H12BrN3O/c1-9(10-4-6-15-7-5-10)17-13(18)12-3-2-11(14)8-16-12/h2-9H,1H3,(H,17,18). The first-order valence-electron chi connectivity index (χ1n) is 5.49. The summed E-state index contributed by atoms with van der Waals surface area (Å²) in [5.41, 5.74) is 1.41. The lowest BCUT2D eigenvalue weighted by Crippen LogP contribution is -2.27. The van der Waals surface area contributed by atoms with Gasteiger partial charge in [-0.15, -0.1) is 0 Å². The fourth-order valence-corrected chi connectivity index (χ4v) is 1.75. The zero-order valence-electron chi connectivity index (χ0n) is 9.80. The Morgan fingerprint density at radius 3 is 2.61 bits per heavy atom. The third-order valence-electron chi connectivity index (χ3n) is 2.51. The Hall–Kier alpha value is -1.75. The van der Waals surface area contributed by atoms with Crippen LogP contribution in [0, 0.1) is 0 Å². The molecule has 2 rings (SSSR count). The van der Waals surface area contributed by atoms with Gasteiger partial charge in [0, 0.05) is 23.1 Å². The van der Waals surface area contributed by atoms with E-state index in [9.17, 15) is 4.79 Å². The summed E-state index contributed by atoms with van der Waals surface area (Å²) in [5, 5.41) is 2.89. The number of carbonyl (C=O) groups is 1. The Bertz CT molecular complexity index is 528. The highest BCUT2D eigenvalue weighted by Gasteiger charge is 2.11. The van der Waals surface area contributed by atoms with Crippen LogP contribution in [0.5, 0.6) is 0 Å². The van der Waals surface area contributed by atoms with Gasteiger partial charge in [-0.25, -0.2) is 4.98 Å². The molecule has 0 radical (unpaired) electrons. The first-order valence-corrected chi connectivity index (χ1v) is 6.28. The van der Waals surface area contributed by atoms with E-state index in [1.807, 2.05) is 19.1 Å². The maximum absolute atomic E-state index is 11.9. The third-order valence-corrected chi connectivity index (χ3v) is 2.98. The fraction of sp³-hybridized carbons (Fsp3) is 0.154. The zero-order chi connectivity index (χ0) is 13.0. The van der Waals surface area contributed by atoms with Gasteiger partial charge < -0.3 is 5.32 Å². The van der Waals surface area contributed by atoms with E-state index in [1.165, 1.54) is 0 Å². The number of aromatic nitrogens is 2. The number of halogens is 1. The van der Waals surface area contributed by atoms with Gasteiger partial charge in [-0.1, -0.05) is 0 Å². The molecule has 0 bridgehead atoms. The van der Waals surface area contributed by atoms with E-state index in [2.05, 4.69) is 31.2 Å². The Balaban J connectivity index is 2.06. The molecular weight excluding hydrogens is 294 g/mol. The zero-order valence-corrected chi connectivity index (χ0v) is 11.4. The summed E-state index contributed by atoms with van der Waals surface area (Å²) in [6.45, 7) is 1.92. The van der Waals surface area contributed by atoms with Crippen molar-refractivity contribution in [3.63, 3.8) is 0 Å². The summed E-state index contributed by atoms with van der Waals surface area (Å²) in [6, 6.07) is 7.14. The van der Waals surface area contributed by atoms with Crippen LogP contribution < -0.4 is 5.32 Å². The molecule has 2 aromatic heterocycles. The van der Waals surface area contributed by atoms with E-state index in [4.69, 9.17) is 0 Å². The molecule has 0 aliphatic rings. The lowest BCUT2D eigenvalue weighted by molar-refractivity contribution is 0.0935. The summed E-state index contributed by atoms with van der Waals surface area (Å²) in [7, 11) is 0. The molecule has 2 aromatic rings. The summed E-state index contributed by atoms with van der Waals surface area (Å²) in [6.07, 6.45) is 5.01. The van der Waals surface area contributed by atoms with Crippen LogP contribution in [0.15, 0.2) is 47.3 Å². The van der Waals surface area contributed by atoms with Gasteiger partial charge in [0.15, 0.2) is 0 Å². The topological polar surface area (TPSA) is 54.9 Å². The molecule has 0 saturated carbocycles. The minimum Gasteiger partial charge on any atom is -0.344 e. The van der Waals surface area contributed by atoms with Crippen LogP contribution in [-0.2, 0) is 0 Å². The van der Waals surface area contributed by atoms with E-state index in [1.54, 1.807) is 30.7 Å². The Morgan fingerprint density at radius 2 is 2.00 bits per heavy atom. The van der Waals surface area contributed by atoms with Crippen molar-refractivity contribution in [1.29, 1.82) is 0 Å². The summed E-state index contributed by atoms with van der Waals surface area (Å²) < 4.78 is 0.848. The molecule has 1 unspecified atom stereocenters. The Morgan fingerprint density at radius 1 is 1.28 bits per heavy atom. The number of carbonyl (C=O) groups excluding carboxylic acids is 1. The van der Waals surface area contributed by atoms with Crippen molar-refractivity contribution in [2.24, 2.45) is 0 Å². The molecule has 0 aromatic carbocycles. The average Bonchev–Trinajstić information content (AvgIpc) is 2.40. The molecule has 0 saturated heterocycles. The molecule has 0 aliphatic heterocycles. The van der Waals surface area contributed by atoms with Gasteiger partial charge in [-0.05, 0) is 52.7 Å².